The minimum absolute atomic E-state index is 0.0299. The van der Waals surface area contributed by atoms with E-state index in [1.807, 2.05) is 0 Å². The first-order valence-corrected chi connectivity index (χ1v) is 9.59. The van der Waals surface area contributed by atoms with Crippen molar-refractivity contribution in [2.75, 3.05) is 13.1 Å². The molecule has 0 amide bonds. The molecule has 0 fully saturated rings. The maximum atomic E-state index is 12.2. The first-order chi connectivity index (χ1) is 12.8. The number of nitrogens with zero attached hydrogens (tertiary/aromatic N) is 1. The predicted octanol–water partition coefficient (Wildman–Crippen LogP) is 2.18. The molecule has 2 aliphatic rings. The molecule has 26 heavy (non-hydrogen) atoms. The van der Waals surface area contributed by atoms with Gasteiger partial charge in [-0.25, -0.2) is 4.98 Å². The molecule has 2 aromatic rings. The van der Waals surface area contributed by atoms with Gasteiger partial charge >= 0.3 is 0 Å². The van der Waals surface area contributed by atoms with Crippen LogP contribution in [0.15, 0.2) is 41.2 Å². The fourth-order valence-corrected chi connectivity index (χ4v) is 3.90. The highest BCUT2D eigenvalue weighted by Gasteiger charge is 2.17. The zero-order valence-corrected chi connectivity index (χ0v) is 15.1. The van der Waals surface area contributed by atoms with Crippen LogP contribution in [0.3, 0.4) is 0 Å². The summed E-state index contributed by atoms with van der Waals surface area (Å²) in [5, 5.41) is 6.82. The van der Waals surface area contributed by atoms with E-state index in [0.29, 0.717) is 12.6 Å². The number of hydrogen-bond acceptors (Lipinski definition) is 4. The summed E-state index contributed by atoms with van der Waals surface area (Å²) in [7, 11) is 0. The summed E-state index contributed by atoms with van der Waals surface area (Å²) < 4.78 is 0. The SMILES string of the molecule is O=c1[nH]c(CCCC2CC(c3ccccc3)=CCN2)nc2c1CNCC2. The van der Waals surface area contributed by atoms with Gasteiger partial charge in [-0.05, 0) is 30.4 Å². The summed E-state index contributed by atoms with van der Waals surface area (Å²) in [6.45, 7) is 2.47. The van der Waals surface area contributed by atoms with E-state index in [1.165, 1.54) is 11.1 Å². The minimum Gasteiger partial charge on any atom is -0.312 e. The van der Waals surface area contributed by atoms with Gasteiger partial charge in [0.2, 0.25) is 0 Å². The molecule has 1 aromatic heterocycles. The number of aryl methyl sites for hydroxylation is 1. The third kappa shape index (κ3) is 3.94. The Bertz CT molecular complexity index is 841. The lowest BCUT2D eigenvalue weighted by Crippen LogP contribution is -2.33. The lowest BCUT2D eigenvalue weighted by atomic mass is 9.93. The highest BCUT2D eigenvalue weighted by Crippen LogP contribution is 2.24. The van der Waals surface area contributed by atoms with Gasteiger partial charge in [0, 0.05) is 38.5 Å². The van der Waals surface area contributed by atoms with Crippen molar-refractivity contribution in [1.82, 2.24) is 20.6 Å². The fraction of sp³-hybridized carbons (Fsp3) is 0.429. The van der Waals surface area contributed by atoms with Gasteiger partial charge in [-0.15, -0.1) is 0 Å². The summed E-state index contributed by atoms with van der Waals surface area (Å²) in [4.78, 5) is 19.9. The molecule has 0 bridgehead atoms. The largest absolute Gasteiger partial charge is 0.312 e. The van der Waals surface area contributed by atoms with Gasteiger partial charge in [0.15, 0.2) is 0 Å². The highest BCUT2D eigenvalue weighted by atomic mass is 16.1. The van der Waals surface area contributed by atoms with Crippen LogP contribution in [0.25, 0.3) is 5.57 Å². The van der Waals surface area contributed by atoms with Crippen molar-refractivity contribution in [2.24, 2.45) is 0 Å². The molecule has 5 nitrogen and oxygen atoms in total. The van der Waals surface area contributed by atoms with E-state index in [4.69, 9.17) is 4.98 Å². The maximum Gasteiger partial charge on any atom is 0.255 e. The second-order valence-electron chi connectivity index (χ2n) is 7.16. The van der Waals surface area contributed by atoms with Crippen molar-refractivity contribution in [3.63, 3.8) is 0 Å². The zero-order chi connectivity index (χ0) is 17.8. The summed E-state index contributed by atoms with van der Waals surface area (Å²) in [6, 6.07) is 11.1. The van der Waals surface area contributed by atoms with Gasteiger partial charge < -0.3 is 15.6 Å². The van der Waals surface area contributed by atoms with Crippen molar-refractivity contribution in [3.8, 4) is 0 Å². The van der Waals surface area contributed by atoms with Crippen molar-refractivity contribution in [1.29, 1.82) is 0 Å². The van der Waals surface area contributed by atoms with Gasteiger partial charge in [-0.3, -0.25) is 4.79 Å². The molecule has 3 N–H and O–H groups in total. The van der Waals surface area contributed by atoms with Gasteiger partial charge in [-0.1, -0.05) is 36.4 Å². The fourth-order valence-electron chi connectivity index (χ4n) is 3.90. The number of fused-ring (bicyclic) bond motifs is 1. The molecule has 4 rings (SSSR count). The third-order valence-electron chi connectivity index (χ3n) is 5.32. The number of hydrogen-bond donors (Lipinski definition) is 3. The summed E-state index contributed by atoms with van der Waals surface area (Å²) in [6.07, 6.45) is 7.15. The Hall–Kier alpha value is -2.24. The molecule has 1 aromatic carbocycles. The normalized spacial score (nSPS) is 19.7. The number of rotatable bonds is 5. The van der Waals surface area contributed by atoms with Crippen LogP contribution in [0, 0.1) is 0 Å². The molecule has 136 valence electrons. The van der Waals surface area contributed by atoms with Crippen LogP contribution < -0.4 is 16.2 Å². The Morgan fingerprint density at radius 2 is 2.08 bits per heavy atom. The number of nitrogens with one attached hydrogen (secondary N) is 3. The van der Waals surface area contributed by atoms with E-state index < -0.39 is 0 Å². The Morgan fingerprint density at radius 3 is 2.96 bits per heavy atom. The molecule has 0 saturated carbocycles. The van der Waals surface area contributed by atoms with Crippen LogP contribution >= 0.6 is 0 Å². The van der Waals surface area contributed by atoms with Crippen LogP contribution in [0.5, 0.6) is 0 Å². The lowest BCUT2D eigenvalue weighted by Gasteiger charge is -2.24. The van der Waals surface area contributed by atoms with Crippen molar-refractivity contribution < 1.29 is 0 Å². The van der Waals surface area contributed by atoms with Crippen molar-refractivity contribution in [3.05, 3.63) is 69.4 Å². The molecule has 0 saturated heterocycles. The molecule has 0 radical (unpaired) electrons. The summed E-state index contributed by atoms with van der Waals surface area (Å²) in [5.74, 6) is 0.838. The monoisotopic (exact) mass is 350 g/mol. The number of aromatic nitrogens is 2. The highest BCUT2D eigenvalue weighted by molar-refractivity contribution is 5.66. The average molecular weight is 350 g/mol. The smallest absolute Gasteiger partial charge is 0.255 e. The average Bonchev–Trinajstić information content (AvgIpc) is 2.69. The molecule has 0 aliphatic carbocycles. The quantitative estimate of drug-likeness (QED) is 0.773. The maximum absolute atomic E-state index is 12.2. The van der Waals surface area contributed by atoms with E-state index in [0.717, 1.165) is 62.3 Å². The van der Waals surface area contributed by atoms with E-state index in [9.17, 15) is 4.79 Å². The number of benzene rings is 1. The Labute approximate surface area is 154 Å². The van der Waals surface area contributed by atoms with Gasteiger partial charge in [0.25, 0.3) is 5.56 Å². The van der Waals surface area contributed by atoms with Crippen LogP contribution in [0.2, 0.25) is 0 Å². The summed E-state index contributed by atoms with van der Waals surface area (Å²) >= 11 is 0. The topological polar surface area (TPSA) is 69.8 Å². The van der Waals surface area contributed by atoms with Crippen molar-refractivity contribution in [2.45, 2.75) is 44.7 Å². The van der Waals surface area contributed by atoms with E-state index in [1.54, 1.807) is 0 Å². The van der Waals surface area contributed by atoms with Crippen LogP contribution in [0.4, 0.5) is 0 Å². The molecule has 0 spiro atoms. The third-order valence-corrected chi connectivity index (χ3v) is 5.32. The molecular formula is C21H26N4O. The van der Waals surface area contributed by atoms with E-state index in [2.05, 4.69) is 52.0 Å². The van der Waals surface area contributed by atoms with E-state index >= 15 is 0 Å². The van der Waals surface area contributed by atoms with Crippen molar-refractivity contribution >= 4 is 5.57 Å². The van der Waals surface area contributed by atoms with Crippen LogP contribution in [-0.2, 0) is 19.4 Å². The van der Waals surface area contributed by atoms with E-state index in [-0.39, 0.29) is 5.56 Å². The van der Waals surface area contributed by atoms with Gasteiger partial charge in [-0.2, -0.15) is 0 Å². The molecule has 2 aliphatic heterocycles. The number of H-pyrrole nitrogens is 1. The molecular weight excluding hydrogens is 324 g/mol. The standard InChI is InChI=1S/C21H26N4O/c26-21-18-14-22-11-10-19(18)24-20(25-21)8-4-7-17-13-16(9-12-23-17)15-5-2-1-3-6-15/h1-3,5-6,9,17,22-23H,4,7-8,10-14H2,(H,24,25,26). The molecule has 1 unspecified atom stereocenters. The first kappa shape index (κ1) is 17.2. The zero-order valence-electron chi connectivity index (χ0n) is 15.1. The lowest BCUT2D eigenvalue weighted by molar-refractivity contribution is 0.481. The van der Waals surface area contributed by atoms with Crippen LogP contribution in [0.1, 0.15) is 41.9 Å². The molecule has 3 heterocycles. The van der Waals surface area contributed by atoms with Gasteiger partial charge in [0.1, 0.15) is 5.82 Å². The Morgan fingerprint density at radius 1 is 1.19 bits per heavy atom. The minimum atomic E-state index is 0.0299. The van der Waals surface area contributed by atoms with Gasteiger partial charge in [0.05, 0.1) is 11.3 Å². The second kappa shape index (κ2) is 7.98. The summed E-state index contributed by atoms with van der Waals surface area (Å²) in [5.41, 5.74) is 4.58. The first-order valence-electron chi connectivity index (χ1n) is 9.59. The Balaban J connectivity index is 1.33. The van der Waals surface area contributed by atoms with Crippen LogP contribution in [-0.4, -0.2) is 29.1 Å². The molecule has 1 atom stereocenters. The second-order valence-corrected chi connectivity index (χ2v) is 7.16. The predicted molar refractivity (Wildman–Crippen MR) is 104 cm³/mol. The Kier molecular flexibility index (Phi) is 5.27. The molecule has 5 heteroatoms. The number of aromatic amines is 1.